The van der Waals surface area contributed by atoms with Gasteiger partial charge in [-0.05, 0) is 32.9 Å². The fourth-order valence-corrected chi connectivity index (χ4v) is 6.48. The summed E-state index contributed by atoms with van der Waals surface area (Å²) in [5.41, 5.74) is 2.16. The smallest absolute Gasteiger partial charge is 0.353 e. The van der Waals surface area contributed by atoms with Gasteiger partial charge in [0.2, 0.25) is 5.91 Å². The first-order chi connectivity index (χ1) is 13.7. The van der Waals surface area contributed by atoms with E-state index in [1.54, 1.807) is 6.92 Å². The molecule has 1 amide bonds. The van der Waals surface area contributed by atoms with Gasteiger partial charge >= 0.3 is 5.97 Å². The number of likely N-dealkylation sites (N-methyl/N-ethyl adjacent to an activating group) is 1. The van der Waals surface area contributed by atoms with Crippen molar-refractivity contribution < 1.29 is 19.8 Å². The van der Waals surface area contributed by atoms with Crippen molar-refractivity contribution in [3.63, 3.8) is 0 Å². The predicted molar refractivity (Wildman–Crippen MR) is 112 cm³/mol. The number of amides is 1. The summed E-state index contributed by atoms with van der Waals surface area (Å²) >= 11 is 2.83. The Bertz CT molecular complexity index is 923. The lowest BCUT2D eigenvalue weighted by Gasteiger charge is -2.46. The first-order valence-corrected chi connectivity index (χ1v) is 11.4. The summed E-state index contributed by atoms with van der Waals surface area (Å²) in [5.74, 6) is -2.12. The number of carbonyl (C=O) groups excluding carboxylic acids is 1. The summed E-state index contributed by atoms with van der Waals surface area (Å²) in [6.07, 6.45) is 2.41. The average Bonchev–Trinajstić information content (AvgIpc) is 3.20. The number of hydrogen-bond donors (Lipinski definition) is 2. The molecule has 0 aromatic carbocycles. The normalized spacial score (nSPS) is 30.9. The Kier molecular flexibility index (Phi) is 5.35. The van der Waals surface area contributed by atoms with Crippen molar-refractivity contribution in [3.8, 4) is 0 Å². The quantitative estimate of drug-likeness (QED) is 0.686. The largest absolute Gasteiger partial charge is 0.477 e. The molecule has 2 N–H and O–H groups in total. The van der Waals surface area contributed by atoms with Crippen LogP contribution in [0.2, 0.25) is 0 Å². The van der Waals surface area contributed by atoms with E-state index in [1.807, 2.05) is 12.3 Å². The Balaban J connectivity index is 1.59. The minimum absolute atomic E-state index is 0.0385. The molecule has 0 saturated carbocycles. The number of hydrogen-bond acceptors (Lipinski definition) is 7. The maximum Gasteiger partial charge on any atom is 0.353 e. The minimum Gasteiger partial charge on any atom is -0.477 e. The number of aliphatic hydroxyl groups excluding tert-OH is 1. The number of nitrogens with zero attached hydrogens (tertiary/aromatic N) is 3. The second kappa shape index (κ2) is 7.54. The standard InChI is InChI=1S/C20H25N3O4S2/c1-9-5-6-12(7-22(9)4)13-8-28-20(21-13)29-17-10(2)15-14(11(3)24)18(25)23(15)16(17)19(26)27/h6,8-11,14-15,24H,5,7H2,1-4H3,(H,26,27)/t9-,10+,11+,14+,15+/m0/s1. The van der Waals surface area contributed by atoms with Crippen LogP contribution in [0.15, 0.2) is 26.4 Å². The van der Waals surface area contributed by atoms with Crippen LogP contribution >= 0.6 is 23.1 Å². The van der Waals surface area contributed by atoms with Crippen molar-refractivity contribution >= 4 is 40.5 Å². The monoisotopic (exact) mass is 435 g/mol. The topological polar surface area (TPSA) is 94.0 Å². The molecule has 0 unspecified atom stereocenters. The predicted octanol–water partition coefficient (Wildman–Crippen LogP) is 2.50. The van der Waals surface area contributed by atoms with E-state index < -0.39 is 18.0 Å². The summed E-state index contributed by atoms with van der Waals surface area (Å²) < 4.78 is 0.770. The van der Waals surface area contributed by atoms with E-state index in [0.29, 0.717) is 10.9 Å². The molecule has 7 nitrogen and oxygen atoms in total. The van der Waals surface area contributed by atoms with Crippen molar-refractivity contribution in [2.24, 2.45) is 11.8 Å². The molecule has 1 aromatic rings. The first-order valence-electron chi connectivity index (χ1n) is 9.72. The Morgan fingerprint density at radius 3 is 2.76 bits per heavy atom. The van der Waals surface area contributed by atoms with Gasteiger partial charge in [0.25, 0.3) is 0 Å². The number of aliphatic hydroxyl groups is 1. The SMILES string of the molecule is C[C@@H](O)[C@H]1C(=O)N2C(C(=O)O)=C(Sc3nc(C4=CC[C@H](C)N(C)C4)cs3)[C@H](C)[C@H]12. The molecule has 0 spiro atoms. The van der Waals surface area contributed by atoms with Gasteiger partial charge in [0.05, 0.1) is 23.8 Å². The van der Waals surface area contributed by atoms with Gasteiger partial charge < -0.3 is 15.1 Å². The molecule has 3 aliphatic rings. The number of carboxylic acids is 1. The fraction of sp³-hybridized carbons (Fsp3) is 0.550. The second-order valence-electron chi connectivity index (χ2n) is 8.10. The van der Waals surface area contributed by atoms with Gasteiger partial charge in [-0.25, -0.2) is 9.78 Å². The zero-order valence-corrected chi connectivity index (χ0v) is 18.5. The Morgan fingerprint density at radius 1 is 1.41 bits per heavy atom. The van der Waals surface area contributed by atoms with Crippen LogP contribution in [0, 0.1) is 11.8 Å². The molecule has 1 aromatic heterocycles. The van der Waals surface area contributed by atoms with Gasteiger partial charge in [-0.2, -0.15) is 0 Å². The number of rotatable bonds is 5. The molecule has 0 aliphatic carbocycles. The third-order valence-electron chi connectivity index (χ3n) is 6.20. The Labute approximate surface area is 178 Å². The molecule has 156 valence electrons. The molecule has 29 heavy (non-hydrogen) atoms. The van der Waals surface area contributed by atoms with Gasteiger partial charge in [0.15, 0.2) is 4.34 Å². The van der Waals surface area contributed by atoms with Crippen LogP contribution in [0.4, 0.5) is 0 Å². The van der Waals surface area contributed by atoms with Gasteiger partial charge in [-0.1, -0.05) is 24.8 Å². The van der Waals surface area contributed by atoms with Crippen LogP contribution in [0.3, 0.4) is 0 Å². The lowest BCUT2D eigenvalue weighted by molar-refractivity contribution is -0.163. The molecule has 4 heterocycles. The first kappa shape index (κ1) is 20.6. The molecular weight excluding hydrogens is 410 g/mol. The van der Waals surface area contributed by atoms with Crippen molar-refractivity contribution in [2.75, 3.05) is 13.6 Å². The number of fused-ring (bicyclic) bond motifs is 1. The lowest BCUT2D eigenvalue weighted by Crippen LogP contribution is -2.63. The van der Waals surface area contributed by atoms with E-state index in [1.165, 1.54) is 33.6 Å². The fourth-order valence-electron chi connectivity index (χ4n) is 4.37. The zero-order chi connectivity index (χ0) is 21.0. The number of aliphatic carboxylic acids is 1. The number of aromatic nitrogens is 1. The van der Waals surface area contributed by atoms with Crippen molar-refractivity contribution in [3.05, 3.63) is 27.8 Å². The third kappa shape index (κ3) is 3.34. The lowest BCUT2D eigenvalue weighted by atomic mass is 9.79. The van der Waals surface area contributed by atoms with Crippen LogP contribution in [-0.4, -0.2) is 68.7 Å². The van der Waals surface area contributed by atoms with Gasteiger partial charge in [-0.3, -0.25) is 9.69 Å². The molecule has 1 fully saturated rings. The number of β-lactam (4-membered cyclic amide) rings is 1. The van der Waals surface area contributed by atoms with Crippen LogP contribution < -0.4 is 0 Å². The summed E-state index contributed by atoms with van der Waals surface area (Å²) in [6.45, 7) is 6.55. The van der Waals surface area contributed by atoms with E-state index in [9.17, 15) is 19.8 Å². The van der Waals surface area contributed by atoms with Crippen molar-refractivity contribution in [2.45, 2.75) is 49.7 Å². The number of carbonyl (C=O) groups is 2. The van der Waals surface area contributed by atoms with E-state index >= 15 is 0 Å². The van der Waals surface area contributed by atoms with Gasteiger partial charge in [0, 0.05) is 28.8 Å². The molecule has 0 radical (unpaired) electrons. The summed E-state index contributed by atoms with van der Waals surface area (Å²) in [6, 6.07) is 0.212. The Hall–Kier alpha value is -1.68. The highest BCUT2D eigenvalue weighted by molar-refractivity contribution is 8.04. The molecule has 4 rings (SSSR count). The minimum atomic E-state index is -1.11. The van der Waals surface area contributed by atoms with Gasteiger partial charge in [-0.15, -0.1) is 11.3 Å². The summed E-state index contributed by atoms with van der Waals surface area (Å²) in [5, 5.41) is 21.7. The van der Waals surface area contributed by atoms with Gasteiger partial charge in [0.1, 0.15) is 5.70 Å². The van der Waals surface area contributed by atoms with Crippen LogP contribution in [-0.2, 0) is 9.59 Å². The summed E-state index contributed by atoms with van der Waals surface area (Å²) in [7, 11) is 2.10. The van der Waals surface area contributed by atoms with E-state index in [-0.39, 0.29) is 23.6 Å². The second-order valence-corrected chi connectivity index (χ2v) is 10.2. The molecule has 5 atom stereocenters. The van der Waals surface area contributed by atoms with Crippen LogP contribution in [0.25, 0.3) is 5.57 Å². The molecule has 0 bridgehead atoms. The molecule has 9 heteroatoms. The van der Waals surface area contributed by atoms with Crippen LogP contribution in [0.5, 0.6) is 0 Å². The number of thioether (sulfide) groups is 1. The van der Waals surface area contributed by atoms with Crippen molar-refractivity contribution in [1.29, 1.82) is 0 Å². The maximum atomic E-state index is 12.4. The third-order valence-corrected chi connectivity index (χ3v) is 8.42. The highest BCUT2D eigenvalue weighted by Crippen LogP contribution is 2.52. The Morgan fingerprint density at radius 2 is 2.14 bits per heavy atom. The average molecular weight is 436 g/mol. The summed E-state index contributed by atoms with van der Waals surface area (Å²) in [4.78, 5) is 33.4. The van der Waals surface area contributed by atoms with E-state index in [4.69, 9.17) is 4.98 Å². The number of thiazole rings is 1. The molecular formula is C20H25N3O4S2. The highest BCUT2D eigenvalue weighted by atomic mass is 32.2. The van der Waals surface area contributed by atoms with Crippen LogP contribution in [0.1, 0.15) is 32.9 Å². The highest BCUT2D eigenvalue weighted by Gasteiger charge is 2.60. The zero-order valence-electron chi connectivity index (χ0n) is 16.8. The molecule has 1 saturated heterocycles. The maximum absolute atomic E-state index is 12.4. The number of carboxylic acid groups (broad SMARTS) is 1. The van der Waals surface area contributed by atoms with E-state index in [0.717, 1.165) is 23.0 Å². The van der Waals surface area contributed by atoms with Crippen molar-refractivity contribution in [1.82, 2.24) is 14.8 Å². The van der Waals surface area contributed by atoms with E-state index in [2.05, 4.69) is 24.9 Å². The molecule has 3 aliphatic heterocycles.